The van der Waals surface area contributed by atoms with Crippen molar-refractivity contribution in [2.24, 2.45) is 0 Å². The summed E-state index contributed by atoms with van der Waals surface area (Å²) in [6.07, 6.45) is -0.105. The lowest BCUT2D eigenvalue weighted by Gasteiger charge is -2.35. The molecule has 136 valence electrons. The molecule has 8 nitrogen and oxygen atoms in total. The van der Waals surface area contributed by atoms with Gasteiger partial charge in [0, 0.05) is 44.5 Å². The highest BCUT2D eigenvalue weighted by Crippen LogP contribution is 2.15. The Bertz CT molecular complexity index is 624. The van der Waals surface area contributed by atoms with Crippen LogP contribution in [0.5, 0.6) is 0 Å². The molecule has 0 unspecified atom stereocenters. The maximum atomic E-state index is 12.2. The van der Waals surface area contributed by atoms with Gasteiger partial charge in [-0.2, -0.15) is 0 Å². The van der Waals surface area contributed by atoms with Crippen molar-refractivity contribution in [3.63, 3.8) is 0 Å². The van der Waals surface area contributed by atoms with Crippen molar-refractivity contribution in [3.8, 4) is 0 Å². The Morgan fingerprint density at radius 1 is 1.04 bits per heavy atom. The first-order valence-corrected chi connectivity index (χ1v) is 8.18. The normalized spacial score (nSPS) is 16.9. The molecule has 0 aromatic heterocycles. The van der Waals surface area contributed by atoms with Crippen molar-refractivity contribution >= 4 is 29.2 Å². The number of piperazine rings is 1. The number of carbonyl (C=O) groups excluding carboxylic acids is 2. The Morgan fingerprint density at radius 3 is 2.04 bits per heavy atom. The first-order valence-electron chi connectivity index (χ1n) is 8.18. The molecule has 0 spiro atoms. The molecule has 1 heterocycles. The van der Waals surface area contributed by atoms with Gasteiger partial charge in [-0.15, -0.1) is 0 Å². The molecule has 1 saturated heterocycles. The van der Waals surface area contributed by atoms with E-state index in [4.69, 9.17) is 0 Å². The Hall–Kier alpha value is -2.45. The van der Waals surface area contributed by atoms with E-state index in [2.05, 4.69) is 15.5 Å². The van der Waals surface area contributed by atoms with Crippen LogP contribution < -0.4 is 10.6 Å². The molecule has 8 heteroatoms. The van der Waals surface area contributed by atoms with Gasteiger partial charge in [0.2, 0.25) is 11.8 Å². The minimum atomic E-state index is -0.985. The molecular formula is C17H24N4O4. The number of amides is 2. The largest absolute Gasteiger partial charge is 0.480 e. The quantitative estimate of drug-likeness (QED) is 0.699. The minimum Gasteiger partial charge on any atom is -0.480 e. The van der Waals surface area contributed by atoms with Crippen molar-refractivity contribution in [1.29, 1.82) is 0 Å². The summed E-state index contributed by atoms with van der Waals surface area (Å²) in [6.45, 7) is 4.25. The van der Waals surface area contributed by atoms with Crippen LogP contribution in [-0.4, -0.2) is 72.0 Å². The topological polar surface area (TPSA) is 102 Å². The molecule has 0 radical (unpaired) electrons. The SMILES string of the molecule is CC(=O)Nc1ccc(NC(=O)C[C@H](C(=O)O)N2CCN(C)CC2)cc1. The zero-order valence-corrected chi connectivity index (χ0v) is 14.5. The van der Waals surface area contributed by atoms with Crippen LogP contribution in [0.25, 0.3) is 0 Å². The molecule has 1 aliphatic heterocycles. The minimum absolute atomic E-state index is 0.105. The summed E-state index contributed by atoms with van der Waals surface area (Å²) in [6, 6.07) is 5.84. The monoisotopic (exact) mass is 348 g/mol. The first-order chi connectivity index (χ1) is 11.8. The third-order valence-electron chi connectivity index (χ3n) is 4.13. The summed E-state index contributed by atoms with van der Waals surface area (Å²) in [7, 11) is 1.99. The zero-order valence-electron chi connectivity index (χ0n) is 14.5. The average molecular weight is 348 g/mol. The molecule has 1 atom stereocenters. The lowest BCUT2D eigenvalue weighted by molar-refractivity contribution is -0.145. The van der Waals surface area contributed by atoms with Crippen LogP contribution in [0.3, 0.4) is 0 Å². The number of likely N-dealkylation sites (N-methyl/N-ethyl adjacent to an activating group) is 1. The standard InChI is InChI=1S/C17H24N4O4/c1-12(22)18-13-3-5-14(6-4-13)19-16(23)11-15(17(24)25)21-9-7-20(2)8-10-21/h3-6,15H,7-11H2,1-2H3,(H,18,22)(H,19,23)(H,24,25)/t15-/m1/s1. The number of rotatable bonds is 6. The van der Waals surface area contributed by atoms with E-state index < -0.39 is 12.0 Å². The second kappa shape index (κ2) is 8.59. The summed E-state index contributed by atoms with van der Waals surface area (Å²) >= 11 is 0. The van der Waals surface area contributed by atoms with E-state index in [0.717, 1.165) is 13.1 Å². The fourth-order valence-corrected chi connectivity index (χ4v) is 2.73. The van der Waals surface area contributed by atoms with Gasteiger partial charge >= 0.3 is 5.97 Å². The van der Waals surface area contributed by atoms with Crippen LogP contribution in [0.2, 0.25) is 0 Å². The summed E-state index contributed by atoms with van der Waals surface area (Å²) in [4.78, 5) is 38.7. The third-order valence-corrected chi connectivity index (χ3v) is 4.13. The van der Waals surface area contributed by atoms with Crippen molar-refractivity contribution in [2.45, 2.75) is 19.4 Å². The second-order valence-electron chi connectivity index (χ2n) is 6.20. The Balaban J connectivity index is 1.92. The predicted octanol–water partition coefficient (Wildman–Crippen LogP) is 0.674. The molecule has 1 aromatic carbocycles. The molecule has 1 aliphatic rings. The summed E-state index contributed by atoms with van der Waals surface area (Å²) in [5, 5.41) is 14.8. The highest BCUT2D eigenvalue weighted by molar-refractivity contribution is 5.94. The molecule has 3 N–H and O–H groups in total. The van der Waals surface area contributed by atoms with Gasteiger partial charge in [0.1, 0.15) is 6.04 Å². The molecule has 1 aromatic rings. The molecule has 25 heavy (non-hydrogen) atoms. The Kier molecular flexibility index (Phi) is 6.49. The van der Waals surface area contributed by atoms with E-state index >= 15 is 0 Å². The fourth-order valence-electron chi connectivity index (χ4n) is 2.73. The van der Waals surface area contributed by atoms with Gasteiger partial charge in [0.15, 0.2) is 0 Å². The summed E-state index contributed by atoms with van der Waals surface area (Å²) < 4.78 is 0. The van der Waals surface area contributed by atoms with Crippen molar-refractivity contribution in [1.82, 2.24) is 9.80 Å². The number of anilines is 2. The second-order valence-corrected chi connectivity index (χ2v) is 6.20. The van der Waals surface area contributed by atoms with Crippen LogP contribution in [-0.2, 0) is 14.4 Å². The lowest BCUT2D eigenvalue weighted by atomic mass is 10.1. The number of hydrogen-bond acceptors (Lipinski definition) is 5. The van der Waals surface area contributed by atoms with Crippen molar-refractivity contribution in [2.75, 3.05) is 43.9 Å². The number of nitrogens with zero attached hydrogens (tertiary/aromatic N) is 2. The fraction of sp³-hybridized carbons (Fsp3) is 0.471. The van der Waals surface area contributed by atoms with Crippen LogP contribution >= 0.6 is 0 Å². The molecule has 0 aliphatic carbocycles. The number of carboxylic acids is 1. The van der Waals surface area contributed by atoms with E-state index in [0.29, 0.717) is 24.5 Å². The van der Waals surface area contributed by atoms with E-state index in [-0.39, 0.29) is 18.2 Å². The molecule has 2 amide bonds. The maximum Gasteiger partial charge on any atom is 0.321 e. The number of nitrogens with one attached hydrogen (secondary N) is 2. The molecule has 0 saturated carbocycles. The van der Waals surface area contributed by atoms with Crippen LogP contribution in [0, 0.1) is 0 Å². The molecular weight excluding hydrogens is 324 g/mol. The molecule has 0 bridgehead atoms. The van der Waals surface area contributed by atoms with Gasteiger partial charge in [-0.1, -0.05) is 0 Å². The van der Waals surface area contributed by atoms with Gasteiger partial charge in [-0.25, -0.2) is 0 Å². The third kappa shape index (κ3) is 5.84. The Labute approximate surface area is 146 Å². The number of carboxylic acid groups (broad SMARTS) is 1. The zero-order chi connectivity index (χ0) is 18.4. The van der Waals surface area contributed by atoms with E-state index in [1.807, 2.05) is 11.9 Å². The van der Waals surface area contributed by atoms with Gasteiger partial charge in [-0.3, -0.25) is 19.3 Å². The molecule has 2 rings (SSSR count). The van der Waals surface area contributed by atoms with Crippen molar-refractivity contribution in [3.05, 3.63) is 24.3 Å². The average Bonchev–Trinajstić information content (AvgIpc) is 2.55. The highest BCUT2D eigenvalue weighted by atomic mass is 16.4. The number of benzene rings is 1. The van der Waals surface area contributed by atoms with Crippen LogP contribution in [0.1, 0.15) is 13.3 Å². The van der Waals surface area contributed by atoms with Crippen molar-refractivity contribution < 1.29 is 19.5 Å². The number of hydrogen-bond donors (Lipinski definition) is 3. The first kappa shape index (κ1) is 18.9. The molecule has 1 fully saturated rings. The van der Waals surface area contributed by atoms with Gasteiger partial charge in [0.05, 0.1) is 6.42 Å². The van der Waals surface area contributed by atoms with Gasteiger partial charge in [-0.05, 0) is 31.3 Å². The lowest BCUT2D eigenvalue weighted by Crippen LogP contribution is -2.52. The van der Waals surface area contributed by atoms with Gasteiger partial charge in [0.25, 0.3) is 0 Å². The smallest absolute Gasteiger partial charge is 0.321 e. The van der Waals surface area contributed by atoms with E-state index in [1.54, 1.807) is 24.3 Å². The summed E-state index contributed by atoms with van der Waals surface area (Å²) in [5.74, 6) is -1.51. The summed E-state index contributed by atoms with van der Waals surface area (Å²) in [5.41, 5.74) is 1.19. The van der Waals surface area contributed by atoms with Gasteiger partial charge < -0.3 is 20.6 Å². The van der Waals surface area contributed by atoms with E-state index in [9.17, 15) is 19.5 Å². The predicted molar refractivity (Wildman–Crippen MR) is 94.5 cm³/mol. The van der Waals surface area contributed by atoms with Crippen LogP contribution in [0.4, 0.5) is 11.4 Å². The number of carbonyl (C=O) groups is 3. The highest BCUT2D eigenvalue weighted by Gasteiger charge is 2.30. The Morgan fingerprint density at radius 2 is 1.56 bits per heavy atom. The number of aliphatic carboxylic acids is 1. The van der Waals surface area contributed by atoms with Crippen LogP contribution in [0.15, 0.2) is 24.3 Å². The van der Waals surface area contributed by atoms with E-state index in [1.165, 1.54) is 6.92 Å². The maximum absolute atomic E-state index is 12.2.